The lowest BCUT2D eigenvalue weighted by atomic mass is 9.70. The third-order valence-corrected chi connectivity index (χ3v) is 4.70. The van der Waals surface area contributed by atoms with Gasteiger partial charge in [-0.2, -0.15) is 0 Å². The van der Waals surface area contributed by atoms with E-state index >= 15 is 0 Å². The summed E-state index contributed by atoms with van der Waals surface area (Å²) in [5.41, 5.74) is 3.60. The van der Waals surface area contributed by atoms with E-state index in [4.69, 9.17) is 4.74 Å². The van der Waals surface area contributed by atoms with Gasteiger partial charge in [-0.1, -0.05) is 43.7 Å². The summed E-state index contributed by atoms with van der Waals surface area (Å²) in [6.45, 7) is 7.57. The van der Waals surface area contributed by atoms with Gasteiger partial charge in [0.05, 0.1) is 6.04 Å². The van der Waals surface area contributed by atoms with Gasteiger partial charge in [-0.25, -0.2) is 4.39 Å². The molecule has 3 rings (SSSR count). The van der Waals surface area contributed by atoms with Crippen LogP contribution in [0, 0.1) is 18.2 Å². The summed E-state index contributed by atoms with van der Waals surface area (Å²) >= 11 is 0. The number of hydrogen-bond donors (Lipinski definition) is 1. The molecule has 1 aliphatic rings. The Hall–Kier alpha value is -2.36. The summed E-state index contributed by atoms with van der Waals surface area (Å²) in [6, 6.07) is 12.5. The number of nitrogens with one attached hydrogen (secondary N) is 1. The van der Waals surface area contributed by atoms with E-state index in [1.165, 1.54) is 19.1 Å². The zero-order valence-corrected chi connectivity index (χ0v) is 14.4. The lowest BCUT2D eigenvalue weighted by Gasteiger charge is -2.46. The Morgan fingerprint density at radius 2 is 1.83 bits per heavy atom. The van der Waals surface area contributed by atoms with Gasteiger partial charge in [0.1, 0.15) is 11.9 Å². The number of anilines is 1. The Morgan fingerprint density at radius 3 is 2.46 bits per heavy atom. The number of esters is 1. The molecule has 0 radical (unpaired) electrons. The average Bonchev–Trinajstić information content (AvgIpc) is 2.51. The standard InChI is InChI=1S/C20H22FNO2/c1-12-5-10-17-16(11-12)19(24-13(2)23)20(3,4)18(22-17)14-6-8-15(21)9-7-14/h5-11,18-19,22H,1-4H3/t18-,19-/m1/s1. The molecule has 126 valence electrons. The molecule has 1 heterocycles. The first-order chi connectivity index (χ1) is 11.3. The van der Waals surface area contributed by atoms with E-state index in [1.54, 1.807) is 12.1 Å². The number of benzene rings is 2. The summed E-state index contributed by atoms with van der Waals surface area (Å²) in [5, 5.41) is 3.54. The summed E-state index contributed by atoms with van der Waals surface area (Å²) in [5.74, 6) is -0.569. The number of carbonyl (C=O) groups excluding carboxylic acids is 1. The molecule has 0 fully saturated rings. The first-order valence-electron chi connectivity index (χ1n) is 8.09. The monoisotopic (exact) mass is 327 g/mol. The van der Waals surface area contributed by atoms with Crippen molar-refractivity contribution in [2.24, 2.45) is 5.41 Å². The van der Waals surface area contributed by atoms with Crippen molar-refractivity contribution in [3.8, 4) is 0 Å². The Kier molecular flexibility index (Phi) is 4.08. The lowest BCUT2D eigenvalue weighted by Crippen LogP contribution is -2.40. The summed E-state index contributed by atoms with van der Waals surface area (Å²) < 4.78 is 19.0. The minimum atomic E-state index is -0.399. The van der Waals surface area contributed by atoms with Crippen molar-refractivity contribution in [2.75, 3.05) is 5.32 Å². The van der Waals surface area contributed by atoms with Crippen LogP contribution in [0.4, 0.5) is 10.1 Å². The molecule has 0 bridgehead atoms. The molecule has 3 nitrogen and oxygen atoms in total. The van der Waals surface area contributed by atoms with Crippen molar-refractivity contribution in [1.29, 1.82) is 0 Å². The number of aryl methyl sites for hydroxylation is 1. The van der Waals surface area contributed by atoms with Gasteiger partial charge in [-0.05, 0) is 30.7 Å². The van der Waals surface area contributed by atoms with Gasteiger partial charge >= 0.3 is 5.97 Å². The van der Waals surface area contributed by atoms with Crippen molar-refractivity contribution < 1.29 is 13.9 Å². The minimum Gasteiger partial charge on any atom is -0.457 e. The van der Waals surface area contributed by atoms with Crippen LogP contribution < -0.4 is 5.32 Å². The van der Waals surface area contributed by atoms with Gasteiger partial charge in [0.2, 0.25) is 0 Å². The fourth-order valence-corrected chi connectivity index (χ4v) is 3.47. The van der Waals surface area contributed by atoms with Crippen LogP contribution in [0.15, 0.2) is 42.5 Å². The number of ether oxygens (including phenoxy) is 1. The fraction of sp³-hybridized carbons (Fsp3) is 0.350. The highest BCUT2D eigenvalue weighted by Crippen LogP contribution is 2.53. The van der Waals surface area contributed by atoms with E-state index in [-0.39, 0.29) is 23.9 Å². The van der Waals surface area contributed by atoms with Gasteiger partial charge in [0.25, 0.3) is 0 Å². The van der Waals surface area contributed by atoms with Gasteiger partial charge in [-0.3, -0.25) is 4.79 Å². The van der Waals surface area contributed by atoms with Gasteiger partial charge in [0, 0.05) is 23.6 Å². The van der Waals surface area contributed by atoms with Crippen LogP contribution in [-0.4, -0.2) is 5.97 Å². The zero-order chi connectivity index (χ0) is 17.5. The number of halogens is 1. The highest BCUT2D eigenvalue weighted by atomic mass is 19.1. The lowest BCUT2D eigenvalue weighted by molar-refractivity contribution is -0.154. The normalized spacial score (nSPS) is 21.5. The van der Waals surface area contributed by atoms with E-state index in [1.807, 2.05) is 19.1 Å². The molecule has 1 N–H and O–H groups in total. The number of carbonyl (C=O) groups is 1. The fourth-order valence-electron chi connectivity index (χ4n) is 3.47. The molecule has 2 atom stereocenters. The third-order valence-electron chi connectivity index (χ3n) is 4.70. The maximum Gasteiger partial charge on any atom is 0.303 e. The first kappa shape index (κ1) is 16.5. The molecule has 0 unspecified atom stereocenters. The average molecular weight is 327 g/mol. The molecule has 0 aliphatic carbocycles. The molecule has 0 spiro atoms. The Morgan fingerprint density at radius 1 is 1.17 bits per heavy atom. The van der Waals surface area contributed by atoms with Crippen LogP contribution in [0.1, 0.15) is 49.6 Å². The second kappa shape index (κ2) is 5.93. The highest BCUT2D eigenvalue weighted by molar-refractivity contribution is 5.68. The van der Waals surface area contributed by atoms with Crippen LogP contribution in [0.5, 0.6) is 0 Å². The van der Waals surface area contributed by atoms with Crippen LogP contribution in [0.2, 0.25) is 0 Å². The molecule has 0 aromatic heterocycles. The quantitative estimate of drug-likeness (QED) is 0.795. The second-order valence-electron chi connectivity index (χ2n) is 7.03. The highest BCUT2D eigenvalue weighted by Gasteiger charge is 2.46. The maximum absolute atomic E-state index is 13.3. The smallest absolute Gasteiger partial charge is 0.303 e. The van der Waals surface area contributed by atoms with Gasteiger partial charge in [-0.15, -0.1) is 0 Å². The van der Waals surface area contributed by atoms with E-state index in [2.05, 4.69) is 25.2 Å². The Bertz CT molecular complexity index is 768. The predicted molar refractivity (Wildman–Crippen MR) is 92.2 cm³/mol. The summed E-state index contributed by atoms with van der Waals surface area (Å²) in [7, 11) is 0. The van der Waals surface area contributed by atoms with Crippen LogP contribution >= 0.6 is 0 Å². The number of hydrogen-bond acceptors (Lipinski definition) is 3. The van der Waals surface area contributed by atoms with Crippen molar-refractivity contribution in [1.82, 2.24) is 0 Å². The van der Waals surface area contributed by atoms with Crippen LogP contribution in [0.3, 0.4) is 0 Å². The summed E-state index contributed by atoms with van der Waals surface area (Å²) in [4.78, 5) is 11.7. The molecule has 2 aromatic carbocycles. The topological polar surface area (TPSA) is 38.3 Å². The molecule has 1 aliphatic heterocycles. The third kappa shape index (κ3) is 2.88. The van der Waals surface area contributed by atoms with E-state index in [0.29, 0.717) is 0 Å². The predicted octanol–water partition coefficient (Wildman–Crippen LogP) is 4.93. The van der Waals surface area contributed by atoms with E-state index in [9.17, 15) is 9.18 Å². The number of fused-ring (bicyclic) bond motifs is 1. The first-order valence-corrected chi connectivity index (χ1v) is 8.09. The second-order valence-corrected chi connectivity index (χ2v) is 7.03. The SMILES string of the molecule is CC(=O)O[C@@H]1c2cc(C)ccc2N[C@H](c2ccc(F)cc2)C1(C)C. The molecule has 2 aromatic rings. The summed E-state index contributed by atoms with van der Waals surface area (Å²) in [6.07, 6.45) is -0.374. The molecule has 0 amide bonds. The van der Waals surface area contributed by atoms with Crippen molar-refractivity contribution in [2.45, 2.75) is 39.8 Å². The molecule has 0 saturated carbocycles. The van der Waals surface area contributed by atoms with Crippen molar-refractivity contribution in [3.05, 3.63) is 65.0 Å². The molecular formula is C20H22FNO2. The van der Waals surface area contributed by atoms with Gasteiger partial charge in [0.15, 0.2) is 0 Å². The van der Waals surface area contributed by atoms with Crippen molar-refractivity contribution >= 4 is 11.7 Å². The minimum absolute atomic E-state index is 0.0994. The number of rotatable bonds is 2. The van der Waals surface area contributed by atoms with E-state index in [0.717, 1.165) is 22.4 Å². The molecular weight excluding hydrogens is 305 g/mol. The Balaban J connectivity index is 2.11. The molecule has 4 heteroatoms. The molecule has 24 heavy (non-hydrogen) atoms. The largest absolute Gasteiger partial charge is 0.457 e. The van der Waals surface area contributed by atoms with E-state index < -0.39 is 5.41 Å². The van der Waals surface area contributed by atoms with Gasteiger partial charge < -0.3 is 10.1 Å². The molecule has 0 saturated heterocycles. The Labute approximate surface area is 141 Å². The zero-order valence-electron chi connectivity index (χ0n) is 14.4. The van der Waals surface area contributed by atoms with Crippen molar-refractivity contribution in [3.63, 3.8) is 0 Å². The maximum atomic E-state index is 13.3. The van der Waals surface area contributed by atoms with Crippen LogP contribution in [0.25, 0.3) is 0 Å². The van der Waals surface area contributed by atoms with Crippen LogP contribution in [-0.2, 0) is 9.53 Å².